The van der Waals surface area contributed by atoms with Crippen LogP contribution < -0.4 is 10.6 Å². The van der Waals surface area contributed by atoms with Gasteiger partial charge in [0.1, 0.15) is 5.82 Å². The van der Waals surface area contributed by atoms with Crippen LogP contribution in [0.1, 0.15) is 25.7 Å². The van der Waals surface area contributed by atoms with Crippen LogP contribution in [-0.2, 0) is 0 Å². The van der Waals surface area contributed by atoms with Crippen LogP contribution in [0, 0.1) is 0 Å². The number of hydrogen-bond donors (Lipinski definition) is 1. The largest absolute Gasteiger partial charge is 0.353 e. The fourth-order valence-electron chi connectivity index (χ4n) is 2.04. The van der Waals surface area contributed by atoms with Crippen molar-refractivity contribution in [2.45, 2.75) is 31.7 Å². The molecular weight excluding hydrogens is 302 g/mol. The van der Waals surface area contributed by atoms with Crippen LogP contribution in [0.5, 0.6) is 0 Å². The van der Waals surface area contributed by atoms with Gasteiger partial charge in [0, 0.05) is 18.8 Å². The molecule has 94 valence electrons. The molecule has 0 atom stereocenters. The maximum Gasteiger partial charge on any atom is 0.143 e. The molecule has 1 heterocycles. The van der Waals surface area contributed by atoms with E-state index in [9.17, 15) is 0 Å². The zero-order valence-corrected chi connectivity index (χ0v) is 12.0. The fraction of sp³-hybridized carbons (Fsp3) is 0.583. The summed E-state index contributed by atoms with van der Waals surface area (Å²) in [5.41, 5.74) is 5.60. The molecule has 1 aliphatic rings. The number of hydrogen-bond acceptors (Lipinski definition) is 3. The van der Waals surface area contributed by atoms with Gasteiger partial charge in [-0.15, -0.1) is 0 Å². The molecule has 0 saturated heterocycles. The van der Waals surface area contributed by atoms with Gasteiger partial charge >= 0.3 is 0 Å². The van der Waals surface area contributed by atoms with E-state index in [1.165, 1.54) is 19.3 Å². The number of pyridine rings is 1. The van der Waals surface area contributed by atoms with Crippen LogP contribution in [0.25, 0.3) is 0 Å². The normalized spacial score (nSPS) is 15.7. The van der Waals surface area contributed by atoms with Crippen LogP contribution in [0.4, 0.5) is 5.82 Å². The lowest BCUT2D eigenvalue weighted by molar-refractivity contribution is 0.382. The van der Waals surface area contributed by atoms with Gasteiger partial charge in [-0.2, -0.15) is 0 Å². The van der Waals surface area contributed by atoms with E-state index in [1.54, 1.807) is 6.20 Å². The van der Waals surface area contributed by atoms with E-state index in [2.05, 4.69) is 25.8 Å². The third kappa shape index (κ3) is 3.12. The van der Waals surface area contributed by atoms with Gasteiger partial charge in [0.15, 0.2) is 0 Å². The Hall–Kier alpha value is -0.320. The monoisotopic (exact) mass is 317 g/mol. The average Bonchev–Trinajstić information content (AvgIpc) is 2.22. The predicted molar refractivity (Wildman–Crippen MR) is 75.6 cm³/mol. The maximum atomic E-state index is 5.92. The van der Waals surface area contributed by atoms with Crippen LogP contribution in [0.2, 0.25) is 5.02 Å². The minimum Gasteiger partial charge on any atom is -0.353 e. The molecule has 0 amide bonds. The van der Waals surface area contributed by atoms with Gasteiger partial charge in [0.2, 0.25) is 0 Å². The first-order valence-electron chi connectivity index (χ1n) is 6.00. The molecule has 1 fully saturated rings. The standard InChI is InChI=1S/C12H17BrClN3/c13-11-7-9(14)8-16-12(11)17(6-2-5-15)10-3-1-4-10/h7-8,10H,1-6,15H2. The molecule has 3 nitrogen and oxygen atoms in total. The number of halogens is 2. The highest BCUT2D eigenvalue weighted by atomic mass is 79.9. The van der Waals surface area contributed by atoms with Gasteiger partial charge in [-0.3, -0.25) is 0 Å². The zero-order chi connectivity index (χ0) is 12.3. The van der Waals surface area contributed by atoms with E-state index in [4.69, 9.17) is 17.3 Å². The Morgan fingerprint density at radius 3 is 2.82 bits per heavy atom. The van der Waals surface area contributed by atoms with Crippen LogP contribution >= 0.6 is 27.5 Å². The molecule has 17 heavy (non-hydrogen) atoms. The Balaban J connectivity index is 2.17. The van der Waals surface area contributed by atoms with Crippen molar-refractivity contribution in [1.29, 1.82) is 0 Å². The Morgan fingerprint density at radius 2 is 2.29 bits per heavy atom. The van der Waals surface area contributed by atoms with Gasteiger partial charge in [-0.1, -0.05) is 11.6 Å². The van der Waals surface area contributed by atoms with E-state index >= 15 is 0 Å². The van der Waals surface area contributed by atoms with Gasteiger partial charge in [0.25, 0.3) is 0 Å². The van der Waals surface area contributed by atoms with Crippen molar-refractivity contribution >= 4 is 33.3 Å². The number of nitrogens with two attached hydrogens (primary N) is 1. The molecule has 1 aromatic heterocycles. The molecule has 0 unspecified atom stereocenters. The number of aromatic nitrogens is 1. The van der Waals surface area contributed by atoms with E-state index in [0.717, 1.165) is 23.3 Å². The summed E-state index contributed by atoms with van der Waals surface area (Å²) in [5, 5.41) is 0.660. The first-order chi connectivity index (χ1) is 8.22. The SMILES string of the molecule is NCCCN(c1ncc(Cl)cc1Br)C1CCC1. The van der Waals surface area contributed by atoms with Crippen molar-refractivity contribution < 1.29 is 0 Å². The zero-order valence-electron chi connectivity index (χ0n) is 9.70. The molecule has 0 aromatic carbocycles. The van der Waals surface area contributed by atoms with Crippen molar-refractivity contribution in [3.8, 4) is 0 Å². The summed E-state index contributed by atoms with van der Waals surface area (Å²) in [4.78, 5) is 6.80. The molecule has 1 saturated carbocycles. The van der Waals surface area contributed by atoms with Crippen molar-refractivity contribution in [1.82, 2.24) is 4.98 Å². The molecule has 5 heteroatoms. The lowest BCUT2D eigenvalue weighted by atomic mass is 9.91. The molecule has 1 aliphatic carbocycles. The topological polar surface area (TPSA) is 42.1 Å². The summed E-state index contributed by atoms with van der Waals surface area (Å²) >= 11 is 9.46. The summed E-state index contributed by atoms with van der Waals surface area (Å²) in [5.74, 6) is 0.993. The maximum absolute atomic E-state index is 5.92. The molecule has 0 bridgehead atoms. The minimum absolute atomic E-state index is 0.617. The summed E-state index contributed by atoms with van der Waals surface area (Å²) in [7, 11) is 0. The Morgan fingerprint density at radius 1 is 1.53 bits per heavy atom. The second-order valence-corrected chi connectivity index (χ2v) is 5.67. The van der Waals surface area contributed by atoms with E-state index < -0.39 is 0 Å². The minimum atomic E-state index is 0.617. The fourth-order valence-corrected chi connectivity index (χ4v) is 2.91. The van der Waals surface area contributed by atoms with E-state index in [1.807, 2.05) is 6.07 Å². The molecule has 0 radical (unpaired) electrons. The second-order valence-electron chi connectivity index (χ2n) is 4.38. The molecule has 1 aromatic rings. The van der Waals surface area contributed by atoms with Gasteiger partial charge in [0.05, 0.1) is 9.50 Å². The smallest absolute Gasteiger partial charge is 0.143 e. The van der Waals surface area contributed by atoms with Crippen molar-refractivity contribution in [3.63, 3.8) is 0 Å². The van der Waals surface area contributed by atoms with E-state index in [-0.39, 0.29) is 0 Å². The van der Waals surface area contributed by atoms with Crippen LogP contribution in [0.15, 0.2) is 16.7 Å². The Kier molecular flexibility index (Phi) is 4.65. The number of anilines is 1. The van der Waals surface area contributed by atoms with Crippen LogP contribution in [-0.4, -0.2) is 24.1 Å². The predicted octanol–water partition coefficient (Wildman–Crippen LogP) is 3.21. The highest BCUT2D eigenvalue weighted by Gasteiger charge is 2.26. The molecule has 0 spiro atoms. The summed E-state index contributed by atoms with van der Waals surface area (Å²) in [6.07, 6.45) is 6.51. The first-order valence-corrected chi connectivity index (χ1v) is 7.17. The summed E-state index contributed by atoms with van der Waals surface area (Å²) in [6.45, 7) is 1.68. The highest BCUT2D eigenvalue weighted by molar-refractivity contribution is 9.10. The Bertz CT molecular complexity index is 382. The summed E-state index contributed by atoms with van der Waals surface area (Å²) < 4.78 is 0.967. The van der Waals surface area contributed by atoms with Crippen molar-refractivity contribution in [3.05, 3.63) is 21.8 Å². The van der Waals surface area contributed by atoms with Gasteiger partial charge < -0.3 is 10.6 Å². The first kappa shape index (κ1) is 13.1. The number of rotatable bonds is 5. The molecule has 2 N–H and O–H groups in total. The van der Waals surface area contributed by atoms with Gasteiger partial charge in [-0.25, -0.2) is 4.98 Å². The molecular formula is C12H17BrClN3. The highest BCUT2D eigenvalue weighted by Crippen LogP contribution is 2.33. The third-order valence-corrected chi connectivity index (χ3v) is 3.97. The van der Waals surface area contributed by atoms with E-state index in [0.29, 0.717) is 17.6 Å². The van der Waals surface area contributed by atoms with Crippen molar-refractivity contribution in [2.24, 2.45) is 5.73 Å². The average molecular weight is 319 g/mol. The quantitative estimate of drug-likeness (QED) is 0.906. The number of nitrogens with zero attached hydrogens (tertiary/aromatic N) is 2. The summed E-state index contributed by atoms with van der Waals surface area (Å²) in [6, 6.07) is 2.52. The van der Waals surface area contributed by atoms with Crippen LogP contribution in [0.3, 0.4) is 0 Å². The Labute approximate surface area is 115 Å². The third-order valence-electron chi connectivity index (χ3n) is 3.18. The molecule has 2 rings (SSSR count). The van der Waals surface area contributed by atoms with Gasteiger partial charge in [-0.05, 0) is 54.2 Å². The second kappa shape index (κ2) is 6.03. The van der Waals surface area contributed by atoms with Crippen molar-refractivity contribution in [2.75, 3.05) is 18.0 Å². The molecule has 0 aliphatic heterocycles. The lowest BCUT2D eigenvalue weighted by Crippen LogP contribution is -2.42. The lowest BCUT2D eigenvalue weighted by Gasteiger charge is -2.39.